The molecule has 4 nitrogen and oxygen atoms in total. The first kappa shape index (κ1) is 15.0. The van der Waals surface area contributed by atoms with Crippen molar-refractivity contribution >= 4 is 10.0 Å². The summed E-state index contributed by atoms with van der Waals surface area (Å²) < 4.78 is 28.0. The van der Waals surface area contributed by atoms with Crippen molar-refractivity contribution in [2.24, 2.45) is 17.8 Å². The van der Waals surface area contributed by atoms with Crippen molar-refractivity contribution in [3.8, 4) is 0 Å². The highest BCUT2D eigenvalue weighted by atomic mass is 32.2. The monoisotopic (exact) mass is 308 g/mol. The lowest BCUT2D eigenvalue weighted by Gasteiger charge is -2.17. The fraction of sp³-hybridized carbons (Fsp3) is 0.625. The first-order chi connectivity index (χ1) is 10.1. The highest BCUT2D eigenvalue weighted by Crippen LogP contribution is 2.48. The van der Waals surface area contributed by atoms with Crippen molar-refractivity contribution in [2.45, 2.75) is 37.1 Å². The Morgan fingerprint density at radius 3 is 2.33 bits per heavy atom. The van der Waals surface area contributed by atoms with E-state index in [1.165, 1.54) is 25.7 Å². The molecule has 0 spiro atoms. The molecule has 1 aromatic rings. The van der Waals surface area contributed by atoms with Crippen LogP contribution in [0.3, 0.4) is 0 Å². The molecular weight excluding hydrogens is 284 g/mol. The van der Waals surface area contributed by atoms with Gasteiger partial charge < -0.3 is 5.32 Å². The topological polar surface area (TPSA) is 58.2 Å². The van der Waals surface area contributed by atoms with Gasteiger partial charge in [-0.1, -0.05) is 18.2 Å². The summed E-state index contributed by atoms with van der Waals surface area (Å²) in [5.74, 6) is 2.07. The number of sulfonamides is 1. The van der Waals surface area contributed by atoms with Crippen molar-refractivity contribution < 1.29 is 8.42 Å². The van der Waals surface area contributed by atoms with Crippen LogP contribution in [-0.2, 0) is 16.6 Å². The minimum atomic E-state index is -3.41. The van der Waals surface area contributed by atoms with E-state index in [1.54, 1.807) is 12.1 Å². The molecule has 116 valence electrons. The molecule has 0 atom stereocenters. The van der Waals surface area contributed by atoms with Gasteiger partial charge in [-0.05, 0) is 62.1 Å². The van der Waals surface area contributed by atoms with Crippen LogP contribution in [0.5, 0.6) is 0 Å². The summed E-state index contributed by atoms with van der Waals surface area (Å²) in [6, 6.07) is 7.22. The second-order valence-electron chi connectivity index (χ2n) is 6.33. The summed E-state index contributed by atoms with van der Waals surface area (Å²) in [5, 5.41) is 3.03. The second-order valence-corrected chi connectivity index (χ2v) is 8.06. The van der Waals surface area contributed by atoms with Gasteiger partial charge in [0.1, 0.15) is 0 Å². The maximum absolute atomic E-state index is 12.6. The van der Waals surface area contributed by atoms with Gasteiger partial charge in [-0.3, -0.25) is 0 Å². The number of rotatable bonds is 8. The fourth-order valence-electron chi connectivity index (χ4n) is 3.15. The van der Waals surface area contributed by atoms with Crippen molar-refractivity contribution in [2.75, 3.05) is 13.6 Å². The maximum atomic E-state index is 12.6. The van der Waals surface area contributed by atoms with Crippen molar-refractivity contribution in [1.29, 1.82) is 0 Å². The first-order valence-electron chi connectivity index (χ1n) is 7.84. The summed E-state index contributed by atoms with van der Waals surface area (Å²) in [4.78, 5) is 0.407. The van der Waals surface area contributed by atoms with Crippen molar-refractivity contribution in [3.63, 3.8) is 0 Å². The van der Waals surface area contributed by atoms with Gasteiger partial charge >= 0.3 is 0 Å². The highest BCUT2D eigenvalue weighted by Gasteiger charge is 2.41. The molecule has 3 rings (SSSR count). The third-order valence-electron chi connectivity index (χ3n) is 4.59. The second kappa shape index (κ2) is 6.07. The van der Waals surface area contributed by atoms with E-state index in [4.69, 9.17) is 0 Å². The molecule has 2 saturated carbocycles. The largest absolute Gasteiger partial charge is 0.316 e. The molecule has 2 fully saturated rings. The van der Waals surface area contributed by atoms with E-state index in [9.17, 15) is 8.42 Å². The Morgan fingerprint density at radius 2 is 1.76 bits per heavy atom. The van der Waals surface area contributed by atoms with Gasteiger partial charge in [-0.25, -0.2) is 13.1 Å². The third-order valence-corrected chi connectivity index (χ3v) is 6.12. The predicted molar refractivity (Wildman–Crippen MR) is 83.3 cm³/mol. The van der Waals surface area contributed by atoms with E-state index in [0.717, 1.165) is 17.4 Å². The van der Waals surface area contributed by atoms with Crippen molar-refractivity contribution in [3.05, 3.63) is 29.8 Å². The Hall–Kier alpha value is -0.910. The summed E-state index contributed by atoms with van der Waals surface area (Å²) >= 11 is 0. The van der Waals surface area contributed by atoms with Gasteiger partial charge in [0.05, 0.1) is 4.90 Å². The molecule has 5 heteroatoms. The van der Waals surface area contributed by atoms with Crippen LogP contribution in [0.4, 0.5) is 0 Å². The maximum Gasteiger partial charge on any atom is 0.240 e. The Kier molecular flexibility index (Phi) is 4.33. The molecule has 0 radical (unpaired) electrons. The van der Waals surface area contributed by atoms with E-state index in [1.807, 2.05) is 19.2 Å². The summed E-state index contributed by atoms with van der Waals surface area (Å²) in [6.07, 6.45) is 5.11. The van der Waals surface area contributed by atoms with Gasteiger partial charge in [-0.15, -0.1) is 0 Å². The Balaban J connectivity index is 1.71. The fourth-order valence-corrected chi connectivity index (χ4v) is 4.46. The molecule has 1 aromatic carbocycles. The molecule has 2 aliphatic rings. The summed E-state index contributed by atoms with van der Waals surface area (Å²) in [5.41, 5.74) is 0.821. The first-order valence-corrected chi connectivity index (χ1v) is 9.32. The lowest BCUT2D eigenvalue weighted by molar-refractivity contribution is 0.401. The summed E-state index contributed by atoms with van der Waals surface area (Å²) in [7, 11) is -1.58. The van der Waals surface area contributed by atoms with Crippen LogP contribution >= 0.6 is 0 Å². The van der Waals surface area contributed by atoms with Gasteiger partial charge in [0.25, 0.3) is 0 Å². The zero-order valence-corrected chi connectivity index (χ0v) is 13.3. The van der Waals surface area contributed by atoms with E-state index < -0.39 is 10.0 Å². The third kappa shape index (κ3) is 3.65. The molecule has 0 aliphatic heterocycles. The molecule has 0 saturated heterocycles. The van der Waals surface area contributed by atoms with Crippen LogP contribution in [0, 0.1) is 17.8 Å². The van der Waals surface area contributed by atoms with E-state index in [2.05, 4.69) is 10.0 Å². The van der Waals surface area contributed by atoms with Gasteiger partial charge in [0.2, 0.25) is 10.0 Å². The SMILES string of the molecule is CNCc1ccccc1S(=O)(=O)NCC(C1CC1)C1CC1. The van der Waals surface area contributed by atoms with E-state index in [0.29, 0.717) is 23.9 Å². The molecule has 2 N–H and O–H groups in total. The van der Waals surface area contributed by atoms with Gasteiger partial charge in [-0.2, -0.15) is 0 Å². The van der Waals surface area contributed by atoms with Gasteiger partial charge in [0.15, 0.2) is 0 Å². The van der Waals surface area contributed by atoms with Crippen LogP contribution in [0.25, 0.3) is 0 Å². The predicted octanol–water partition coefficient (Wildman–Crippen LogP) is 2.12. The molecule has 0 bridgehead atoms. The minimum Gasteiger partial charge on any atom is -0.316 e. The zero-order chi connectivity index (χ0) is 14.9. The Labute approximate surface area is 127 Å². The highest BCUT2D eigenvalue weighted by molar-refractivity contribution is 7.89. The van der Waals surface area contributed by atoms with Crippen LogP contribution in [-0.4, -0.2) is 22.0 Å². The van der Waals surface area contributed by atoms with E-state index in [-0.39, 0.29) is 0 Å². The number of benzene rings is 1. The minimum absolute atomic E-state index is 0.407. The molecule has 0 amide bonds. The van der Waals surface area contributed by atoms with Crippen LogP contribution in [0.15, 0.2) is 29.2 Å². The Bertz CT molecular complexity index is 580. The Morgan fingerprint density at radius 1 is 1.14 bits per heavy atom. The zero-order valence-electron chi connectivity index (χ0n) is 12.5. The number of hydrogen-bond donors (Lipinski definition) is 2. The number of hydrogen-bond acceptors (Lipinski definition) is 3. The number of nitrogens with one attached hydrogen (secondary N) is 2. The van der Waals surface area contributed by atoms with E-state index >= 15 is 0 Å². The van der Waals surface area contributed by atoms with Crippen LogP contribution in [0.1, 0.15) is 31.2 Å². The smallest absolute Gasteiger partial charge is 0.240 e. The molecule has 0 aromatic heterocycles. The summed E-state index contributed by atoms with van der Waals surface area (Å²) in [6.45, 7) is 1.16. The molecule has 0 unspecified atom stereocenters. The normalized spacial score (nSPS) is 19.1. The van der Waals surface area contributed by atoms with Crippen LogP contribution < -0.4 is 10.0 Å². The molecule has 0 heterocycles. The lowest BCUT2D eigenvalue weighted by atomic mass is 9.99. The molecule has 21 heavy (non-hydrogen) atoms. The van der Waals surface area contributed by atoms with Crippen LogP contribution in [0.2, 0.25) is 0 Å². The van der Waals surface area contributed by atoms with Crippen molar-refractivity contribution in [1.82, 2.24) is 10.0 Å². The average molecular weight is 308 g/mol. The van der Waals surface area contributed by atoms with Gasteiger partial charge in [0, 0.05) is 13.1 Å². The lowest BCUT2D eigenvalue weighted by Crippen LogP contribution is -2.32. The molecular formula is C16H24N2O2S. The average Bonchev–Trinajstić information content (AvgIpc) is 3.34. The molecule has 2 aliphatic carbocycles. The quantitative estimate of drug-likeness (QED) is 0.773. The standard InChI is InChI=1S/C16H24N2O2S/c1-17-10-14-4-2-3-5-16(14)21(19,20)18-11-15(12-6-7-12)13-8-9-13/h2-5,12-13,15,17-18H,6-11H2,1H3.